The number of carbonyl (C=O) groups excluding carboxylic acids is 2. The maximum absolute atomic E-state index is 14.2. The number of nitrogens with one attached hydrogen (secondary N) is 1. The number of amides is 2. The number of rotatable bonds is 11. The summed E-state index contributed by atoms with van der Waals surface area (Å²) in [5, 5.41) is 20.9. The molecule has 3 atom stereocenters. The van der Waals surface area contributed by atoms with E-state index in [-0.39, 0.29) is 54.0 Å². The molecule has 2 aliphatic rings. The summed E-state index contributed by atoms with van der Waals surface area (Å²) in [6.45, 7) is 4.97. The predicted octanol–water partition coefficient (Wildman–Crippen LogP) is 5.45. The molecule has 4 aromatic rings. The van der Waals surface area contributed by atoms with E-state index >= 15 is 0 Å². The van der Waals surface area contributed by atoms with Crippen LogP contribution < -0.4 is 5.32 Å². The van der Waals surface area contributed by atoms with Crippen LogP contribution in [0.3, 0.4) is 0 Å². The average Bonchev–Trinajstić information content (AvgIpc) is 3.31. The number of nitrogens with zero attached hydrogens (tertiary/aromatic N) is 8. The Labute approximate surface area is 300 Å². The van der Waals surface area contributed by atoms with Crippen LogP contribution in [0.2, 0.25) is 5.15 Å². The van der Waals surface area contributed by atoms with E-state index in [2.05, 4.69) is 30.5 Å². The average molecular weight is 750 g/mol. The number of alkyl halides is 5. The first-order valence-electron chi connectivity index (χ1n) is 16.5. The van der Waals surface area contributed by atoms with Gasteiger partial charge in [0.15, 0.2) is 11.5 Å². The zero-order valence-corrected chi connectivity index (χ0v) is 29.7. The summed E-state index contributed by atoms with van der Waals surface area (Å²) in [6, 6.07) is 3.19. The summed E-state index contributed by atoms with van der Waals surface area (Å²) in [5.74, 6) is -0.972. The second-order valence-corrected chi connectivity index (χ2v) is 15.0. The van der Waals surface area contributed by atoms with Gasteiger partial charge in [0, 0.05) is 48.7 Å². The Morgan fingerprint density at radius 2 is 1.83 bits per heavy atom. The molecular weight excluding hydrogens is 713 g/mol. The van der Waals surface area contributed by atoms with Crippen LogP contribution in [0.1, 0.15) is 81.3 Å². The molecule has 0 bridgehead atoms. The molecule has 5 heterocycles. The lowest BCUT2D eigenvalue weighted by Crippen LogP contribution is -2.56. The van der Waals surface area contributed by atoms with E-state index in [1.807, 2.05) is 13.0 Å². The van der Waals surface area contributed by atoms with Crippen molar-refractivity contribution in [1.82, 2.24) is 44.7 Å². The quantitative estimate of drug-likeness (QED) is 0.152. The fraction of sp³-hybridized carbons (Fsp3) is 0.500. The fourth-order valence-corrected chi connectivity index (χ4v) is 7.11. The molecule has 1 aliphatic heterocycles. The van der Waals surface area contributed by atoms with Crippen LogP contribution in [-0.4, -0.2) is 74.5 Å². The van der Waals surface area contributed by atoms with Crippen LogP contribution in [0.15, 0.2) is 43.0 Å². The molecule has 278 valence electrons. The molecule has 0 radical (unpaired) electrons. The lowest BCUT2D eigenvalue weighted by atomic mass is 9.96. The van der Waals surface area contributed by atoms with Crippen molar-refractivity contribution in [3.05, 3.63) is 76.5 Å². The minimum absolute atomic E-state index is 0.0105. The highest BCUT2D eigenvalue weighted by Gasteiger charge is 2.65. The van der Waals surface area contributed by atoms with Crippen molar-refractivity contribution in [3.63, 3.8) is 0 Å². The number of aryl methyl sites for hydroxylation is 1. The Morgan fingerprint density at radius 3 is 2.42 bits per heavy atom. The molecule has 0 unspecified atom stereocenters. The third-order valence-electron chi connectivity index (χ3n) is 9.56. The monoisotopic (exact) mass is 749 g/mol. The summed E-state index contributed by atoms with van der Waals surface area (Å²) in [6.07, 6.45) is 0.924. The molecule has 52 heavy (non-hydrogen) atoms. The van der Waals surface area contributed by atoms with Gasteiger partial charge in [0.25, 0.3) is 0 Å². The molecule has 2 fully saturated rings. The molecule has 1 saturated carbocycles. The highest BCUT2D eigenvalue weighted by molar-refractivity contribution is 6.29. The van der Waals surface area contributed by atoms with Gasteiger partial charge in [-0.15, -0.1) is 0 Å². The molecule has 0 aromatic carbocycles. The number of aliphatic hydroxyl groups is 1. The molecule has 4 aromatic heterocycles. The number of likely N-dealkylation sites (tertiary alicyclic amines) is 1. The molecule has 18 heteroatoms. The van der Waals surface area contributed by atoms with Crippen LogP contribution >= 0.6 is 11.6 Å². The second kappa shape index (κ2) is 13.2. The third kappa shape index (κ3) is 7.38. The van der Waals surface area contributed by atoms with Gasteiger partial charge >= 0.3 is 12.7 Å². The van der Waals surface area contributed by atoms with Crippen LogP contribution in [-0.2, 0) is 34.3 Å². The van der Waals surface area contributed by atoms with Gasteiger partial charge in [0.05, 0.1) is 29.4 Å². The number of carbonyl (C=O) groups is 2. The van der Waals surface area contributed by atoms with E-state index in [0.29, 0.717) is 28.4 Å². The highest BCUT2D eigenvalue weighted by atomic mass is 35.5. The molecule has 2 N–H and O–H groups in total. The normalized spacial score (nSPS) is 19.9. The van der Waals surface area contributed by atoms with Gasteiger partial charge in [-0.05, 0) is 70.7 Å². The highest BCUT2D eigenvalue weighted by Crippen LogP contribution is 2.65. The number of halogens is 6. The third-order valence-corrected chi connectivity index (χ3v) is 9.77. The van der Waals surface area contributed by atoms with Crippen molar-refractivity contribution in [2.45, 2.75) is 96.3 Å². The first-order chi connectivity index (χ1) is 24.2. The van der Waals surface area contributed by atoms with Crippen molar-refractivity contribution in [1.29, 1.82) is 0 Å². The smallest absolute Gasteiger partial charge is 0.382 e. The Morgan fingerprint density at radius 1 is 1.13 bits per heavy atom. The SMILES string of the molecule is Cc1nc(Cl)ccc1[C@H]1C[C@@]12CCN([C@H](Cc1cnn(C(F)F)c1)C(=O)NC(C)(C)Cn1nc(C(F)(F)F)cc1-c1cnc(C(C)(C)O)nc1)C2=O. The van der Waals surface area contributed by atoms with Gasteiger partial charge in [0.1, 0.15) is 16.8 Å². The number of hydrogen-bond donors (Lipinski definition) is 2. The summed E-state index contributed by atoms with van der Waals surface area (Å²) >= 11 is 6.05. The molecule has 2 amide bonds. The Balaban J connectivity index is 1.27. The lowest BCUT2D eigenvalue weighted by Gasteiger charge is -2.33. The van der Waals surface area contributed by atoms with Crippen LogP contribution in [0.5, 0.6) is 0 Å². The summed E-state index contributed by atoms with van der Waals surface area (Å²) in [4.78, 5) is 42.3. The van der Waals surface area contributed by atoms with Crippen LogP contribution in [0.4, 0.5) is 22.0 Å². The predicted molar refractivity (Wildman–Crippen MR) is 177 cm³/mol. The summed E-state index contributed by atoms with van der Waals surface area (Å²) < 4.78 is 69.9. The van der Waals surface area contributed by atoms with Crippen molar-refractivity contribution < 1.29 is 36.6 Å². The molecule has 6 rings (SSSR count). The largest absolute Gasteiger partial charge is 0.435 e. The van der Waals surface area contributed by atoms with E-state index in [1.54, 1.807) is 19.9 Å². The minimum atomic E-state index is -4.79. The van der Waals surface area contributed by atoms with E-state index in [1.165, 1.54) is 37.3 Å². The zero-order chi connectivity index (χ0) is 38.0. The standard InChI is InChI=1S/C34H37ClF5N9O3/c1-18-21(6-7-26(35)44-18)22-12-33(22)8-9-47(29(33)51)24(10-19-13-43-48(16-19)30(36)37)27(50)45-31(2,3)17-49-23(11-25(46-49)34(38,39)40)20-14-41-28(42-15-20)32(4,5)52/h6-7,11,13-16,22,24,30,52H,8-10,12,17H2,1-5H3,(H,45,50)/t22-,24-,33+/m1/s1. The molecule has 1 saturated heterocycles. The van der Waals surface area contributed by atoms with E-state index in [9.17, 15) is 36.6 Å². The first kappa shape index (κ1) is 37.3. The molecule has 12 nitrogen and oxygen atoms in total. The van der Waals surface area contributed by atoms with Gasteiger partial charge in [-0.2, -0.15) is 32.1 Å². The summed E-state index contributed by atoms with van der Waals surface area (Å²) in [7, 11) is 0. The maximum Gasteiger partial charge on any atom is 0.435 e. The first-order valence-corrected chi connectivity index (χ1v) is 16.8. The number of hydrogen-bond acceptors (Lipinski definition) is 8. The Kier molecular flexibility index (Phi) is 9.43. The fourth-order valence-electron chi connectivity index (χ4n) is 6.92. The molecule has 1 aliphatic carbocycles. The Bertz CT molecular complexity index is 1990. The van der Waals surface area contributed by atoms with Gasteiger partial charge in [-0.25, -0.2) is 19.6 Å². The van der Waals surface area contributed by atoms with Gasteiger partial charge in [-0.1, -0.05) is 17.7 Å². The summed E-state index contributed by atoms with van der Waals surface area (Å²) in [5.41, 5.74) is -2.52. The van der Waals surface area contributed by atoms with E-state index in [0.717, 1.165) is 22.5 Å². The van der Waals surface area contributed by atoms with Crippen LogP contribution in [0, 0.1) is 12.3 Å². The second-order valence-electron chi connectivity index (χ2n) is 14.6. The van der Waals surface area contributed by atoms with Crippen molar-refractivity contribution in [3.8, 4) is 11.3 Å². The van der Waals surface area contributed by atoms with Crippen molar-refractivity contribution in [2.24, 2.45) is 5.41 Å². The topological polar surface area (TPSA) is 144 Å². The van der Waals surface area contributed by atoms with Crippen molar-refractivity contribution >= 4 is 23.4 Å². The minimum Gasteiger partial charge on any atom is -0.382 e. The number of aromatic nitrogens is 7. The molecular formula is C34H37ClF5N9O3. The van der Waals surface area contributed by atoms with E-state index in [4.69, 9.17) is 11.6 Å². The van der Waals surface area contributed by atoms with E-state index < -0.39 is 46.9 Å². The van der Waals surface area contributed by atoms with Gasteiger partial charge in [-0.3, -0.25) is 14.3 Å². The van der Waals surface area contributed by atoms with Crippen molar-refractivity contribution in [2.75, 3.05) is 6.54 Å². The van der Waals surface area contributed by atoms with Crippen LogP contribution in [0.25, 0.3) is 11.3 Å². The Hall–Kier alpha value is -4.51. The maximum atomic E-state index is 14.2. The van der Waals surface area contributed by atoms with Gasteiger partial charge < -0.3 is 15.3 Å². The lowest BCUT2D eigenvalue weighted by molar-refractivity contribution is -0.141. The molecule has 1 spiro atoms. The zero-order valence-electron chi connectivity index (χ0n) is 28.9. The van der Waals surface area contributed by atoms with Gasteiger partial charge in [0.2, 0.25) is 11.8 Å². The number of pyridine rings is 1.